The van der Waals surface area contributed by atoms with E-state index in [2.05, 4.69) is 21.8 Å². The van der Waals surface area contributed by atoms with Gasteiger partial charge < -0.3 is 14.9 Å². The van der Waals surface area contributed by atoms with Crippen LogP contribution >= 0.6 is 0 Å². The number of carbonyl (C=O) groups excluding carboxylic acids is 2. The van der Waals surface area contributed by atoms with Gasteiger partial charge in [-0.2, -0.15) is 0 Å². The number of esters is 1. The smallest absolute Gasteiger partial charge is 0.312 e. The predicted molar refractivity (Wildman–Crippen MR) is 92.7 cm³/mol. The number of nitrogens with one attached hydrogen (secondary N) is 1. The quantitative estimate of drug-likeness (QED) is 0.632. The van der Waals surface area contributed by atoms with Crippen LogP contribution in [0.2, 0.25) is 0 Å². The number of benzene rings is 1. The third-order valence-corrected chi connectivity index (χ3v) is 4.56. The van der Waals surface area contributed by atoms with Gasteiger partial charge in [0, 0.05) is 24.1 Å². The molecule has 0 bridgehead atoms. The van der Waals surface area contributed by atoms with Crippen LogP contribution in [0.25, 0.3) is 0 Å². The van der Waals surface area contributed by atoms with Crippen molar-refractivity contribution in [2.75, 3.05) is 7.11 Å². The van der Waals surface area contributed by atoms with Crippen LogP contribution in [0.3, 0.4) is 0 Å². The molecule has 8 heteroatoms. The zero-order chi connectivity index (χ0) is 19.6. The molecule has 0 radical (unpaired) electrons. The van der Waals surface area contributed by atoms with E-state index in [1.807, 2.05) is 0 Å². The van der Waals surface area contributed by atoms with Crippen molar-refractivity contribution in [2.45, 2.75) is 24.5 Å². The molecule has 1 aromatic carbocycles. The van der Waals surface area contributed by atoms with E-state index in [-0.39, 0.29) is 29.7 Å². The Kier molecular flexibility index (Phi) is 5.07. The minimum absolute atomic E-state index is 0.0257. The maximum absolute atomic E-state index is 13.4. The van der Waals surface area contributed by atoms with Gasteiger partial charge in [-0.3, -0.25) is 9.59 Å². The summed E-state index contributed by atoms with van der Waals surface area (Å²) in [6.45, 7) is 3.63. The number of hydrogen-bond donors (Lipinski definition) is 1. The first kappa shape index (κ1) is 18.8. The highest BCUT2D eigenvalue weighted by atomic mass is 19.1. The zero-order valence-corrected chi connectivity index (χ0v) is 14.6. The maximum Gasteiger partial charge on any atom is 0.312 e. The average molecular weight is 376 g/mol. The summed E-state index contributed by atoms with van der Waals surface area (Å²) in [7, 11) is 1.30. The van der Waals surface area contributed by atoms with Crippen molar-refractivity contribution < 1.29 is 27.9 Å². The highest BCUT2D eigenvalue weighted by molar-refractivity contribution is 6.06. The van der Waals surface area contributed by atoms with Crippen LogP contribution in [-0.2, 0) is 19.2 Å². The van der Waals surface area contributed by atoms with E-state index in [1.165, 1.54) is 13.2 Å². The molecule has 1 heterocycles. The van der Waals surface area contributed by atoms with Gasteiger partial charge in [-0.15, -0.1) is 0 Å². The van der Waals surface area contributed by atoms with Crippen molar-refractivity contribution >= 4 is 17.6 Å². The molecule has 1 aliphatic heterocycles. The minimum atomic E-state index is -1.49. The first-order chi connectivity index (χ1) is 12.9. The van der Waals surface area contributed by atoms with Gasteiger partial charge in [0.15, 0.2) is 0 Å². The highest BCUT2D eigenvalue weighted by Gasteiger charge is 2.45. The van der Waals surface area contributed by atoms with Crippen molar-refractivity contribution in [1.29, 1.82) is 0 Å². The monoisotopic (exact) mass is 376 g/mol. The Bertz CT molecular complexity index is 832. The molecule has 0 unspecified atom stereocenters. The Morgan fingerprint density at radius 2 is 2.04 bits per heavy atom. The fourth-order valence-electron chi connectivity index (χ4n) is 3.07. The van der Waals surface area contributed by atoms with Gasteiger partial charge in [0.2, 0.25) is 5.60 Å². The van der Waals surface area contributed by atoms with Crippen LogP contribution in [-0.4, -0.2) is 36.3 Å². The fraction of sp³-hybridized carbons (Fsp3) is 0.316. The second kappa shape index (κ2) is 7.30. The van der Waals surface area contributed by atoms with Gasteiger partial charge in [0.05, 0.1) is 18.7 Å². The molecule has 6 nitrogen and oxygen atoms in total. The van der Waals surface area contributed by atoms with Crippen molar-refractivity contribution in [3.8, 4) is 0 Å². The zero-order valence-electron chi connectivity index (χ0n) is 14.6. The second-order valence-corrected chi connectivity index (χ2v) is 6.39. The van der Waals surface area contributed by atoms with Gasteiger partial charge in [-0.25, -0.2) is 8.78 Å². The predicted octanol–water partition coefficient (Wildman–Crippen LogP) is 2.25. The lowest BCUT2D eigenvalue weighted by atomic mass is 9.92. The van der Waals surface area contributed by atoms with Crippen molar-refractivity contribution in [3.63, 3.8) is 0 Å². The molecule has 3 rings (SSSR count). The number of oxime groups is 1. The summed E-state index contributed by atoms with van der Waals surface area (Å²) in [5, 5.41) is 6.59. The molecule has 0 saturated carbocycles. The molecule has 1 N–H and O–H groups in total. The highest BCUT2D eigenvalue weighted by Crippen LogP contribution is 2.30. The number of hydrogen-bond acceptors (Lipinski definition) is 5. The number of rotatable bonds is 5. The summed E-state index contributed by atoms with van der Waals surface area (Å²) in [6, 6.07) is 2.60. The summed E-state index contributed by atoms with van der Waals surface area (Å²) in [5.74, 6) is -2.81. The summed E-state index contributed by atoms with van der Waals surface area (Å²) in [5.41, 5.74) is -1.07. The first-order valence-electron chi connectivity index (χ1n) is 8.29. The molecule has 1 aromatic rings. The summed E-state index contributed by atoms with van der Waals surface area (Å²) < 4.78 is 31.6. The Morgan fingerprint density at radius 3 is 2.67 bits per heavy atom. The summed E-state index contributed by atoms with van der Waals surface area (Å²) in [4.78, 5) is 29.6. The number of amides is 1. The average Bonchev–Trinajstić information content (AvgIpc) is 3.28. The van der Waals surface area contributed by atoms with Crippen LogP contribution in [0.15, 0.2) is 48.2 Å². The number of carbonyl (C=O) groups is 2. The lowest BCUT2D eigenvalue weighted by molar-refractivity contribution is -0.144. The molecule has 142 valence electrons. The maximum atomic E-state index is 13.4. The van der Waals surface area contributed by atoms with Crippen LogP contribution in [0, 0.1) is 17.6 Å². The van der Waals surface area contributed by atoms with Crippen molar-refractivity contribution in [3.05, 3.63) is 60.2 Å². The fourth-order valence-corrected chi connectivity index (χ4v) is 3.07. The molecule has 2 aliphatic rings. The van der Waals surface area contributed by atoms with Crippen LogP contribution in [0.4, 0.5) is 8.78 Å². The number of methoxy groups -OCH3 is 1. The Balaban J connectivity index is 1.69. The Morgan fingerprint density at radius 1 is 1.33 bits per heavy atom. The molecule has 27 heavy (non-hydrogen) atoms. The van der Waals surface area contributed by atoms with Gasteiger partial charge in [0.1, 0.15) is 11.6 Å². The van der Waals surface area contributed by atoms with Crippen molar-refractivity contribution in [1.82, 2.24) is 5.32 Å². The third kappa shape index (κ3) is 3.74. The topological polar surface area (TPSA) is 77.0 Å². The van der Waals surface area contributed by atoms with Crippen LogP contribution in [0.1, 0.15) is 18.4 Å². The van der Waals surface area contributed by atoms with Crippen LogP contribution < -0.4 is 5.32 Å². The van der Waals surface area contributed by atoms with Crippen molar-refractivity contribution in [2.24, 2.45) is 11.1 Å². The molecule has 0 aromatic heterocycles. The first-order valence-corrected chi connectivity index (χ1v) is 8.29. The summed E-state index contributed by atoms with van der Waals surface area (Å²) in [6.07, 6.45) is 5.01. The second-order valence-electron chi connectivity index (χ2n) is 6.39. The van der Waals surface area contributed by atoms with E-state index < -0.39 is 29.1 Å². The SMILES string of the molecule is C=C[C@]1(C(=O)N[C@H]2C=C[C@@H](C(=O)OC)C2)CC(c2cc(F)cc(F)c2)=NO1. The third-order valence-electron chi connectivity index (χ3n) is 4.56. The normalized spacial score (nSPS) is 26.3. The number of nitrogens with zero attached hydrogens (tertiary/aromatic N) is 1. The van der Waals surface area contributed by atoms with E-state index in [0.29, 0.717) is 6.42 Å². The molecule has 1 amide bonds. The van der Waals surface area contributed by atoms with Crippen LogP contribution in [0.5, 0.6) is 0 Å². The molecule has 0 fully saturated rings. The summed E-state index contributed by atoms with van der Waals surface area (Å²) >= 11 is 0. The van der Waals surface area contributed by atoms with E-state index in [1.54, 1.807) is 12.2 Å². The Hall–Kier alpha value is -3.03. The van der Waals surface area contributed by atoms with E-state index in [0.717, 1.165) is 18.2 Å². The Labute approximate surface area is 154 Å². The van der Waals surface area contributed by atoms with Gasteiger partial charge in [-0.05, 0) is 24.6 Å². The minimum Gasteiger partial charge on any atom is -0.469 e. The molecule has 3 atom stereocenters. The lowest BCUT2D eigenvalue weighted by Gasteiger charge is -2.23. The van der Waals surface area contributed by atoms with Gasteiger partial charge in [0.25, 0.3) is 5.91 Å². The van der Waals surface area contributed by atoms with E-state index in [4.69, 9.17) is 4.84 Å². The molecule has 0 spiro atoms. The molecule has 0 saturated heterocycles. The number of halogens is 2. The number of ether oxygens (including phenoxy) is 1. The van der Waals surface area contributed by atoms with E-state index in [9.17, 15) is 18.4 Å². The molecular formula is C19H18F2N2O4. The molecular weight excluding hydrogens is 358 g/mol. The lowest BCUT2D eigenvalue weighted by Crippen LogP contribution is -2.48. The molecule has 1 aliphatic carbocycles. The standard InChI is InChI=1S/C19H18F2N2O4/c1-3-19(18(25)22-15-5-4-11(8-15)17(24)26-2)10-16(23-27-19)12-6-13(20)9-14(21)7-12/h3-7,9,11,15H,1,8,10H2,2H3,(H,22,25)/t11-,15+,19-/m1/s1. The largest absolute Gasteiger partial charge is 0.469 e. The van der Waals surface area contributed by atoms with Gasteiger partial charge in [-0.1, -0.05) is 23.9 Å². The van der Waals surface area contributed by atoms with Gasteiger partial charge >= 0.3 is 5.97 Å². The van der Waals surface area contributed by atoms with E-state index >= 15 is 0 Å².